The van der Waals surface area contributed by atoms with Crippen LogP contribution in [0.5, 0.6) is 0 Å². The van der Waals surface area contributed by atoms with Crippen LogP contribution >= 0.6 is 0 Å². The Morgan fingerprint density at radius 3 is 3.04 bits per heavy atom. The zero-order chi connectivity index (χ0) is 15.4. The summed E-state index contributed by atoms with van der Waals surface area (Å²) in [6.45, 7) is 1.54. The molecular formula is C14H13N9. The first kappa shape index (κ1) is 12.3. The quantitative estimate of drug-likeness (QED) is 0.474. The number of nitrogens with two attached hydrogens (primary N) is 1. The number of pyridine rings is 1. The van der Waals surface area contributed by atoms with Crippen LogP contribution in [-0.2, 0) is 13.0 Å². The third-order valence-corrected chi connectivity index (χ3v) is 4.25. The molecule has 0 spiro atoms. The summed E-state index contributed by atoms with van der Waals surface area (Å²) in [5.74, 6) is 0.998. The van der Waals surface area contributed by atoms with E-state index in [2.05, 4.69) is 40.0 Å². The first-order chi connectivity index (χ1) is 11.3. The second-order valence-electron chi connectivity index (χ2n) is 5.57. The van der Waals surface area contributed by atoms with Crippen LogP contribution in [0.3, 0.4) is 0 Å². The van der Waals surface area contributed by atoms with Crippen LogP contribution in [0.15, 0.2) is 18.7 Å². The van der Waals surface area contributed by atoms with Crippen molar-refractivity contribution in [3.63, 3.8) is 0 Å². The molecule has 0 fully saturated rings. The van der Waals surface area contributed by atoms with Gasteiger partial charge in [0.15, 0.2) is 22.6 Å². The molecule has 4 N–H and O–H groups in total. The van der Waals surface area contributed by atoms with Crippen molar-refractivity contribution >= 4 is 34.0 Å². The molecule has 0 atom stereocenters. The van der Waals surface area contributed by atoms with Gasteiger partial charge in [0.05, 0.1) is 12.5 Å². The number of anilines is 2. The average molecular weight is 307 g/mol. The Morgan fingerprint density at radius 2 is 2.09 bits per heavy atom. The highest BCUT2D eigenvalue weighted by Crippen LogP contribution is 2.30. The molecule has 0 saturated carbocycles. The molecule has 4 aromatic heterocycles. The van der Waals surface area contributed by atoms with Gasteiger partial charge < -0.3 is 15.6 Å². The minimum Gasteiger partial charge on any atom is -0.368 e. The van der Waals surface area contributed by atoms with Crippen molar-refractivity contribution in [1.29, 1.82) is 0 Å². The standard InChI is InChI=1S/C14H13N9/c15-14-20-12-10(17-6-18-12)13(21-14)23-2-1-8-7(5-23)3-16-11-9(8)4-19-22-11/h3-4,6H,1-2,5H2,(H,16,19,22)(H3,15,17,18,20,21). The Bertz CT molecular complexity index is 1030. The Morgan fingerprint density at radius 1 is 1.13 bits per heavy atom. The van der Waals surface area contributed by atoms with Gasteiger partial charge in [-0.15, -0.1) is 0 Å². The normalized spacial score (nSPS) is 14.5. The van der Waals surface area contributed by atoms with Crippen molar-refractivity contribution < 1.29 is 0 Å². The third-order valence-electron chi connectivity index (χ3n) is 4.25. The number of fused-ring (bicyclic) bond motifs is 4. The summed E-state index contributed by atoms with van der Waals surface area (Å²) in [5, 5.41) is 8.09. The molecule has 0 radical (unpaired) electrons. The van der Waals surface area contributed by atoms with E-state index in [4.69, 9.17) is 5.73 Å². The van der Waals surface area contributed by atoms with Crippen molar-refractivity contribution in [2.45, 2.75) is 13.0 Å². The van der Waals surface area contributed by atoms with Gasteiger partial charge in [-0.1, -0.05) is 0 Å². The number of aromatic amines is 2. The molecule has 0 unspecified atom stereocenters. The second-order valence-corrected chi connectivity index (χ2v) is 5.57. The second kappa shape index (κ2) is 4.38. The predicted octanol–water partition coefficient (Wildman–Crippen LogP) is 0.769. The minimum atomic E-state index is 0.242. The molecule has 23 heavy (non-hydrogen) atoms. The average Bonchev–Trinajstić information content (AvgIpc) is 3.22. The molecular weight excluding hydrogens is 294 g/mol. The topological polar surface area (TPSA) is 125 Å². The Labute approximate surface area is 130 Å². The lowest BCUT2D eigenvalue weighted by Gasteiger charge is -2.29. The fourth-order valence-electron chi connectivity index (χ4n) is 3.19. The molecule has 0 bridgehead atoms. The molecule has 4 aromatic rings. The number of hydrogen-bond acceptors (Lipinski definition) is 7. The van der Waals surface area contributed by atoms with Crippen LogP contribution < -0.4 is 10.6 Å². The molecule has 0 aliphatic carbocycles. The van der Waals surface area contributed by atoms with Crippen molar-refractivity contribution in [3.05, 3.63) is 29.8 Å². The SMILES string of the molecule is Nc1nc(N2CCc3c(cnc4[nH]ncc34)C2)c2nc[nH]c2n1. The molecule has 0 aromatic carbocycles. The van der Waals surface area contributed by atoms with E-state index < -0.39 is 0 Å². The van der Waals surface area contributed by atoms with E-state index in [0.717, 1.165) is 35.3 Å². The molecule has 5 heterocycles. The van der Waals surface area contributed by atoms with Crippen LogP contribution in [0.2, 0.25) is 0 Å². The summed E-state index contributed by atoms with van der Waals surface area (Å²) in [6.07, 6.45) is 6.24. The molecule has 5 rings (SSSR count). The van der Waals surface area contributed by atoms with Gasteiger partial charge in [-0.2, -0.15) is 15.1 Å². The number of nitrogens with one attached hydrogen (secondary N) is 2. The number of H-pyrrole nitrogens is 2. The smallest absolute Gasteiger partial charge is 0.224 e. The zero-order valence-electron chi connectivity index (χ0n) is 12.1. The zero-order valence-corrected chi connectivity index (χ0v) is 12.1. The van der Waals surface area contributed by atoms with Gasteiger partial charge in [0, 0.05) is 24.7 Å². The summed E-state index contributed by atoms with van der Waals surface area (Å²) in [5.41, 5.74) is 10.5. The summed E-state index contributed by atoms with van der Waals surface area (Å²) >= 11 is 0. The Hall–Kier alpha value is -3.23. The van der Waals surface area contributed by atoms with Crippen molar-refractivity contribution in [1.82, 2.24) is 35.1 Å². The number of rotatable bonds is 1. The van der Waals surface area contributed by atoms with E-state index in [9.17, 15) is 0 Å². The molecule has 0 saturated heterocycles. The van der Waals surface area contributed by atoms with Crippen LogP contribution in [0.1, 0.15) is 11.1 Å². The lowest BCUT2D eigenvalue weighted by molar-refractivity contribution is 0.724. The van der Waals surface area contributed by atoms with Crippen LogP contribution in [0.4, 0.5) is 11.8 Å². The summed E-state index contributed by atoms with van der Waals surface area (Å²) < 4.78 is 0. The maximum atomic E-state index is 5.82. The fourth-order valence-corrected chi connectivity index (χ4v) is 3.19. The third kappa shape index (κ3) is 1.76. The van der Waals surface area contributed by atoms with Gasteiger partial charge in [-0.3, -0.25) is 5.10 Å². The molecule has 9 nitrogen and oxygen atoms in total. The van der Waals surface area contributed by atoms with Gasteiger partial charge in [0.1, 0.15) is 0 Å². The summed E-state index contributed by atoms with van der Waals surface area (Å²) in [7, 11) is 0. The maximum Gasteiger partial charge on any atom is 0.224 e. The number of nitrogens with zero attached hydrogens (tertiary/aromatic N) is 6. The van der Waals surface area contributed by atoms with Gasteiger partial charge in [-0.25, -0.2) is 9.97 Å². The number of imidazole rings is 1. The lowest BCUT2D eigenvalue weighted by atomic mass is 9.99. The molecule has 1 aliphatic rings. The lowest BCUT2D eigenvalue weighted by Crippen LogP contribution is -2.31. The Kier molecular flexibility index (Phi) is 2.35. The monoisotopic (exact) mass is 307 g/mol. The van der Waals surface area contributed by atoms with E-state index in [1.54, 1.807) is 6.33 Å². The summed E-state index contributed by atoms with van der Waals surface area (Å²) in [4.78, 5) is 22.5. The van der Waals surface area contributed by atoms with E-state index in [1.165, 1.54) is 11.1 Å². The largest absolute Gasteiger partial charge is 0.368 e. The summed E-state index contributed by atoms with van der Waals surface area (Å²) in [6, 6.07) is 0. The first-order valence-electron chi connectivity index (χ1n) is 7.31. The van der Waals surface area contributed by atoms with Crippen LogP contribution in [-0.4, -0.2) is 41.7 Å². The highest BCUT2D eigenvalue weighted by atomic mass is 15.2. The van der Waals surface area contributed by atoms with Gasteiger partial charge >= 0.3 is 0 Å². The molecule has 114 valence electrons. The van der Waals surface area contributed by atoms with E-state index in [0.29, 0.717) is 12.2 Å². The number of nitrogen functional groups attached to an aromatic ring is 1. The Balaban J connectivity index is 1.62. The van der Waals surface area contributed by atoms with Gasteiger partial charge in [0.2, 0.25) is 5.95 Å². The van der Waals surface area contributed by atoms with Crippen molar-refractivity contribution in [2.75, 3.05) is 17.2 Å². The van der Waals surface area contributed by atoms with Gasteiger partial charge in [-0.05, 0) is 17.5 Å². The van der Waals surface area contributed by atoms with E-state index >= 15 is 0 Å². The fraction of sp³-hybridized carbons (Fsp3) is 0.214. The first-order valence-corrected chi connectivity index (χ1v) is 7.31. The van der Waals surface area contributed by atoms with Crippen LogP contribution in [0.25, 0.3) is 22.2 Å². The number of aromatic nitrogens is 7. The highest BCUT2D eigenvalue weighted by Gasteiger charge is 2.23. The van der Waals surface area contributed by atoms with Gasteiger partial charge in [0.25, 0.3) is 0 Å². The van der Waals surface area contributed by atoms with Crippen molar-refractivity contribution in [3.8, 4) is 0 Å². The molecule has 9 heteroatoms. The van der Waals surface area contributed by atoms with E-state index in [-0.39, 0.29) is 5.95 Å². The van der Waals surface area contributed by atoms with Crippen molar-refractivity contribution in [2.24, 2.45) is 0 Å². The van der Waals surface area contributed by atoms with Crippen LogP contribution in [0, 0.1) is 0 Å². The van der Waals surface area contributed by atoms with E-state index in [1.807, 2.05) is 12.4 Å². The maximum absolute atomic E-state index is 5.82. The predicted molar refractivity (Wildman–Crippen MR) is 84.7 cm³/mol. The minimum absolute atomic E-state index is 0.242. The highest BCUT2D eigenvalue weighted by molar-refractivity contribution is 5.85. The number of hydrogen-bond donors (Lipinski definition) is 3. The molecule has 1 aliphatic heterocycles. The molecule has 0 amide bonds.